The van der Waals surface area contributed by atoms with Crippen LogP contribution in [0, 0.1) is 0 Å². The molecule has 1 fully saturated rings. The molecule has 1 saturated heterocycles. The van der Waals surface area contributed by atoms with Crippen molar-refractivity contribution < 1.29 is 22.7 Å². The van der Waals surface area contributed by atoms with Gasteiger partial charge in [-0.15, -0.1) is 11.3 Å². The zero-order valence-corrected chi connectivity index (χ0v) is 16.7. The first-order chi connectivity index (χ1) is 13.5. The summed E-state index contributed by atoms with van der Waals surface area (Å²) in [7, 11) is -3.70. The topological polar surface area (TPSA) is 105 Å². The second-order valence-electron chi connectivity index (χ2n) is 6.13. The predicted molar refractivity (Wildman–Crippen MR) is 104 cm³/mol. The molecule has 0 spiro atoms. The molecule has 0 atom stereocenters. The predicted octanol–water partition coefficient (Wildman–Crippen LogP) is 1.16. The Morgan fingerprint density at radius 1 is 1.11 bits per heavy atom. The van der Waals surface area contributed by atoms with E-state index in [1.165, 1.54) is 28.6 Å². The van der Waals surface area contributed by atoms with Crippen LogP contribution in [0.3, 0.4) is 0 Å². The molecule has 150 valence electrons. The average molecular weight is 424 g/mol. The number of carbonyl (C=O) groups is 2. The number of hydrogen-bond acceptors (Lipinski definition) is 6. The summed E-state index contributed by atoms with van der Waals surface area (Å²) in [5.74, 6) is -0.901. The van der Waals surface area contributed by atoms with Gasteiger partial charge >= 0.3 is 0 Å². The lowest BCUT2D eigenvalue weighted by atomic mass is 10.2. The lowest BCUT2D eigenvalue weighted by Crippen LogP contribution is -2.42. The van der Waals surface area contributed by atoms with E-state index in [9.17, 15) is 18.0 Å². The van der Waals surface area contributed by atoms with E-state index in [-0.39, 0.29) is 35.9 Å². The molecule has 2 aromatic rings. The van der Waals surface area contributed by atoms with Crippen LogP contribution in [0.2, 0.25) is 0 Å². The average Bonchev–Trinajstić information content (AvgIpc) is 3.25. The van der Waals surface area contributed by atoms with Gasteiger partial charge in [-0.05, 0) is 36.1 Å². The van der Waals surface area contributed by atoms with Crippen molar-refractivity contribution in [3.8, 4) is 0 Å². The smallest absolute Gasteiger partial charge is 0.269 e. The molecule has 0 bridgehead atoms. The number of sulfonamides is 1. The molecule has 3 rings (SSSR count). The van der Waals surface area contributed by atoms with Gasteiger partial charge in [0.15, 0.2) is 0 Å². The highest BCUT2D eigenvalue weighted by Gasteiger charge is 2.26. The Morgan fingerprint density at radius 2 is 1.89 bits per heavy atom. The summed E-state index contributed by atoms with van der Waals surface area (Å²) in [6.45, 7) is 1.24. The van der Waals surface area contributed by atoms with Gasteiger partial charge in [0.05, 0.1) is 18.1 Å². The summed E-state index contributed by atoms with van der Waals surface area (Å²) < 4.78 is 31.9. The van der Waals surface area contributed by atoms with Crippen LogP contribution in [0.15, 0.2) is 46.7 Å². The van der Waals surface area contributed by atoms with Crippen LogP contribution in [-0.2, 0) is 26.0 Å². The van der Waals surface area contributed by atoms with Gasteiger partial charge in [-0.1, -0.05) is 12.1 Å². The highest BCUT2D eigenvalue weighted by molar-refractivity contribution is 7.89. The molecular weight excluding hydrogens is 402 g/mol. The molecule has 1 aliphatic heterocycles. The van der Waals surface area contributed by atoms with Gasteiger partial charge in [-0.25, -0.2) is 8.42 Å². The lowest BCUT2D eigenvalue weighted by molar-refractivity contribution is -0.121. The molecule has 0 saturated carbocycles. The third-order valence-electron chi connectivity index (χ3n) is 4.20. The molecule has 0 aliphatic carbocycles. The Bertz CT molecular complexity index is 922. The van der Waals surface area contributed by atoms with Crippen molar-refractivity contribution in [3.63, 3.8) is 0 Å². The largest absolute Gasteiger partial charge is 0.379 e. The fourth-order valence-corrected chi connectivity index (χ4v) is 4.85. The maximum atomic E-state index is 12.7. The number of amides is 2. The Balaban J connectivity index is 1.58. The van der Waals surface area contributed by atoms with E-state index < -0.39 is 15.9 Å². The molecule has 8 nitrogen and oxygen atoms in total. The van der Waals surface area contributed by atoms with E-state index in [0.717, 1.165) is 4.88 Å². The van der Waals surface area contributed by atoms with Crippen LogP contribution < -0.4 is 10.9 Å². The Labute approximate surface area is 167 Å². The van der Waals surface area contributed by atoms with Crippen LogP contribution in [0.5, 0.6) is 0 Å². The molecule has 1 aromatic heterocycles. The van der Waals surface area contributed by atoms with Crippen LogP contribution >= 0.6 is 11.3 Å². The molecule has 2 heterocycles. The fraction of sp³-hybridized carbons (Fsp3) is 0.333. The molecule has 1 aromatic carbocycles. The van der Waals surface area contributed by atoms with Crippen molar-refractivity contribution in [1.82, 2.24) is 15.2 Å². The monoisotopic (exact) mass is 423 g/mol. The summed E-state index contributed by atoms with van der Waals surface area (Å²) in [6, 6.07) is 9.60. The number of hydrazine groups is 1. The van der Waals surface area contributed by atoms with Gasteiger partial charge in [0.25, 0.3) is 5.91 Å². The van der Waals surface area contributed by atoms with Crippen molar-refractivity contribution in [2.45, 2.75) is 17.7 Å². The fourth-order valence-electron chi connectivity index (χ4n) is 2.69. The summed E-state index contributed by atoms with van der Waals surface area (Å²) >= 11 is 1.57. The van der Waals surface area contributed by atoms with E-state index in [1.54, 1.807) is 11.3 Å². The van der Waals surface area contributed by atoms with Gasteiger partial charge in [-0.2, -0.15) is 4.31 Å². The van der Waals surface area contributed by atoms with Crippen LogP contribution in [-0.4, -0.2) is 50.8 Å². The van der Waals surface area contributed by atoms with Crippen molar-refractivity contribution in [3.05, 3.63) is 52.2 Å². The van der Waals surface area contributed by atoms with Crippen LogP contribution in [0.25, 0.3) is 0 Å². The molecule has 2 N–H and O–H groups in total. The SMILES string of the molecule is O=C(CCc1cccs1)NNC(=O)c1cccc(S(=O)(=O)N2CCOCC2)c1. The van der Waals surface area contributed by atoms with E-state index in [0.29, 0.717) is 19.6 Å². The van der Waals surface area contributed by atoms with Gasteiger partial charge in [0.2, 0.25) is 15.9 Å². The van der Waals surface area contributed by atoms with E-state index >= 15 is 0 Å². The normalized spacial score (nSPS) is 15.1. The van der Waals surface area contributed by atoms with Crippen molar-refractivity contribution >= 4 is 33.2 Å². The van der Waals surface area contributed by atoms with Gasteiger partial charge in [0.1, 0.15) is 0 Å². The molecule has 2 amide bonds. The third-order valence-corrected chi connectivity index (χ3v) is 7.03. The molecule has 28 heavy (non-hydrogen) atoms. The van der Waals surface area contributed by atoms with Gasteiger partial charge in [-0.3, -0.25) is 20.4 Å². The third kappa shape index (κ3) is 5.16. The van der Waals surface area contributed by atoms with Crippen molar-refractivity contribution in [1.29, 1.82) is 0 Å². The van der Waals surface area contributed by atoms with Crippen molar-refractivity contribution in [2.75, 3.05) is 26.3 Å². The second kappa shape index (κ2) is 9.28. The molecular formula is C18H21N3O5S2. The Kier molecular flexibility index (Phi) is 6.79. The number of hydrogen-bond donors (Lipinski definition) is 2. The Hall–Kier alpha value is -2.27. The minimum absolute atomic E-state index is 0.0334. The zero-order chi connectivity index (χ0) is 20.0. The second-order valence-corrected chi connectivity index (χ2v) is 9.10. The van der Waals surface area contributed by atoms with Crippen LogP contribution in [0.1, 0.15) is 21.7 Å². The molecule has 0 unspecified atom stereocenters. The van der Waals surface area contributed by atoms with Gasteiger partial charge in [0, 0.05) is 30.0 Å². The number of carbonyl (C=O) groups excluding carboxylic acids is 2. The highest BCUT2D eigenvalue weighted by Crippen LogP contribution is 2.18. The number of thiophene rings is 1. The minimum atomic E-state index is -3.70. The summed E-state index contributed by atoms with van der Waals surface area (Å²) in [5.41, 5.74) is 4.82. The summed E-state index contributed by atoms with van der Waals surface area (Å²) in [6.07, 6.45) is 0.832. The number of ether oxygens (including phenoxy) is 1. The highest BCUT2D eigenvalue weighted by atomic mass is 32.2. The lowest BCUT2D eigenvalue weighted by Gasteiger charge is -2.26. The minimum Gasteiger partial charge on any atom is -0.379 e. The maximum Gasteiger partial charge on any atom is 0.269 e. The Morgan fingerprint density at radius 3 is 2.61 bits per heavy atom. The summed E-state index contributed by atoms with van der Waals surface area (Å²) in [5, 5.41) is 1.94. The number of benzene rings is 1. The number of nitrogens with zero attached hydrogens (tertiary/aromatic N) is 1. The van der Waals surface area contributed by atoms with E-state index in [4.69, 9.17) is 4.74 Å². The number of aryl methyl sites for hydroxylation is 1. The molecule has 1 aliphatic rings. The first-order valence-corrected chi connectivity index (χ1v) is 11.1. The van der Waals surface area contributed by atoms with Gasteiger partial charge < -0.3 is 4.74 Å². The zero-order valence-electron chi connectivity index (χ0n) is 15.1. The quantitative estimate of drug-likeness (QED) is 0.679. The number of rotatable bonds is 6. The van der Waals surface area contributed by atoms with Crippen molar-refractivity contribution in [2.24, 2.45) is 0 Å². The van der Waals surface area contributed by atoms with E-state index in [2.05, 4.69) is 10.9 Å². The standard InChI is InChI=1S/C18H21N3O5S2/c22-17(7-6-15-4-2-12-27-15)19-20-18(23)14-3-1-5-16(13-14)28(24,25)21-8-10-26-11-9-21/h1-5,12-13H,6-11H2,(H,19,22)(H,20,23). The van der Waals surface area contributed by atoms with Crippen LogP contribution in [0.4, 0.5) is 0 Å². The molecule has 10 heteroatoms. The first-order valence-electron chi connectivity index (χ1n) is 8.76. The number of morpholine rings is 1. The van der Waals surface area contributed by atoms with E-state index in [1.807, 2.05) is 17.5 Å². The first kappa shape index (κ1) is 20.5. The maximum absolute atomic E-state index is 12.7. The number of nitrogens with one attached hydrogen (secondary N) is 2. The summed E-state index contributed by atoms with van der Waals surface area (Å²) in [4.78, 5) is 25.3. The molecule has 0 radical (unpaired) electrons.